The number of amides is 1. The van der Waals surface area contributed by atoms with E-state index in [-0.39, 0.29) is 24.2 Å². The van der Waals surface area contributed by atoms with Crippen LogP contribution in [0.5, 0.6) is 11.5 Å². The molecule has 1 saturated heterocycles. The van der Waals surface area contributed by atoms with Gasteiger partial charge in [-0.25, -0.2) is 0 Å². The van der Waals surface area contributed by atoms with E-state index in [0.29, 0.717) is 5.69 Å². The lowest BCUT2D eigenvalue weighted by atomic mass is 10.0. The van der Waals surface area contributed by atoms with Crippen LogP contribution in [0.3, 0.4) is 0 Å². The summed E-state index contributed by atoms with van der Waals surface area (Å²) < 4.78 is 10.8. The van der Waals surface area contributed by atoms with Gasteiger partial charge >= 0.3 is 0 Å². The Bertz CT molecular complexity index is 871. The number of likely N-dealkylation sites (tertiary alicyclic amines) is 1. The molecule has 2 aromatic carbocycles. The van der Waals surface area contributed by atoms with E-state index in [9.17, 15) is 14.9 Å². The molecule has 148 valence electrons. The number of quaternary nitrogens is 1. The molecule has 3 rings (SSSR count). The molecule has 8 heteroatoms. The summed E-state index contributed by atoms with van der Waals surface area (Å²) in [5, 5.41) is 13.7. The summed E-state index contributed by atoms with van der Waals surface area (Å²) in [5.74, 6) is 1.31. The van der Waals surface area contributed by atoms with Crippen molar-refractivity contribution in [2.24, 2.45) is 0 Å². The fourth-order valence-corrected chi connectivity index (χ4v) is 3.71. The maximum atomic E-state index is 12.5. The van der Waals surface area contributed by atoms with Crippen molar-refractivity contribution in [3.05, 3.63) is 58.1 Å². The number of carbonyl (C=O) groups is 1. The van der Waals surface area contributed by atoms with Crippen molar-refractivity contribution in [2.75, 3.05) is 32.6 Å². The van der Waals surface area contributed by atoms with Crippen LogP contribution in [0, 0.1) is 10.1 Å². The van der Waals surface area contributed by atoms with Crippen molar-refractivity contribution in [1.29, 1.82) is 0 Å². The van der Waals surface area contributed by atoms with Gasteiger partial charge in [0.05, 0.1) is 31.3 Å². The Balaban J connectivity index is 1.71. The molecule has 1 aliphatic rings. The first-order chi connectivity index (χ1) is 13.5. The minimum absolute atomic E-state index is 0.0489. The summed E-state index contributed by atoms with van der Waals surface area (Å²) in [6.07, 6.45) is 1.97. The van der Waals surface area contributed by atoms with Crippen molar-refractivity contribution >= 4 is 17.3 Å². The van der Waals surface area contributed by atoms with Crippen LogP contribution in [-0.4, -0.2) is 38.1 Å². The maximum Gasteiger partial charge on any atom is 0.279 e. The second-order valence-electron chi connectivity index (χ2n) is 6.74. The largest absolute Gasteiger partial charge is 0.497 e. The van der Waals surface area contributed by atoms with E-state index in [2.05, 4.69) is 5.32 Å². The highest BCUT2D eigenvalue weighted by Crippen LogP contribution is 2.31. The SMILES string of the molecule is COc1ccc([C@@H]2CCC[NH+]2CC(=O)Nc2cccc([N+](=O)[O-])c2)c(OC)c1. The van der Waals surface area contributed by atoms with Gasteiger partial charge < -0.3 is 19.7 Å². The Morgan fingerprint density at radius 3 is 2.79 bits per heavy atom. The van der Waals surface area contributed by atoms with E-state index in [0.717, 1.165) is 41.3 Å². The second-order valence-corrected chi connectivity index (χ2v) is 6.74. The van der Waals surface area contributed by atoms with Gasteiger partial charge in [-0.1, -0.05) is 6.07 Å². The molecule has 1 unspecified atom stereocenters. The summed E-state index contributed by atoms with van der Waals surface area (Å²) in [6, 6.07) is 11.9. The van der Waals surface area contributed by atoms with Crippen LogP contribution < -0.4 is 19.7 Å². The van der Waals surface area contributed by atoms with Gasteiger partial charge in [-0.15, -0.1) is 0 Å². The fourth-order valence-electron chi connectivity index (χ4n) is 3.71. The highest BCUT2D eigenvalue weighted by Gasteiger charge is 2.33. The number of nitro groups is 1. The molecule has 0 radical (unpaired) electrons. The van der Waals surface area contributed by atoms with Crippen LogP contribution in [0.25, 0.3) is 0 Å². The van der Waals surface area contributed by atoms with Gasteiger partial charge in [0.25, 0.3) is 11.6 Å². The van der Waals surface area contributed by atoms with Gasteiger partial charge in [-0.3, -0.25) is 14.9 Å². The number of methoxy groups -OCH3 is 2. The number of benzene rings is 2. The molecule has 2 aromatic rings. The number of ether oxygens (including phenoxy) is 2. The van der Waals surface area contributed by atoms with E-state index in [1.165, 1.54) is 12.1 Å². The number of non-ortho nitro benzene ring substituents is 1. The molecular weight excluding hydrogens is 362 g/mol. The van der Waals surface area contributed by atoms with Gasteiger partial charge in [0.1, 0.15) is 17.5 Å². The first kappa shape index (κ1) is 19.6. The molecule has 0 aliphatic carbocycles. The molecular formula is C20H24N3O5+. The predicted octanol–water partition coefficient (Wildman–Crippen LogP) is 1.97. The third-order valence-electron chi connectivity index (χ3n) is 5.03. The normalized spacial score (nSPS) is 18.5. The summed E-state index contributed by atoms with van der Waals surface area (Å²) in [7, 11) is 3.24. The van der Waals surface area contributed by atoms with Crippen molar-refractivity contribution < 1.29 is 24.1 Å². The zero-order chi connectivity index (χ0) is 20.1. The monoisotopic (exact) mass is 386 g/mol. The molecule has 1 aliphatic heterocycles. The van der Waals surface area contributed by atoms with Crippen molar-refractivity contribution in [2.45, 2.75) is 18.9 Å². The number of carbonyl (C=O) groups excluding carboxylic acids is 1. The summed E-state index contributed by atoms with van der Waals surface area (Å²) in [6.45, 7) is 1.16. The number of rotatable bonds is 7. The van der Waals surface area contributed by atoms with Crippen LogP contribution in [-0.2, 0) is 4.79 Å². The maximum absolute atomic E-state index is 12.5. The van der Waals surface area contributed by atoms with Gasteiger partial charge in [0, 0.05) is 36.7 Å². The minimum atomic E-state index is -0.479. The van der Waals surface area contributed by atoms with Crippen molar-refractivity contribution in [1.82, 2.24) is 0 Å². The topological polar surface area (TPSA) is 95.1 Å². The Kier molecular flexibility index (Phi) is 6.10. The van der Waals surface area contributed by atoms with Crippen LogP contribution in [0.2, 0.25) is 0 Å². The average molecular weight is 386 g/mol. The molecule has 0 aromatic heterocycles. The number of nitrogens with one attached hydrogen (secondary N) is 2. The number of anilines is 1. The standard InChI is InChI=1S/C20H23N3O5/c1-27-16-8-9-17(19(12-16)28-2)18-7-4-10-22(18)13-20(24)21-14-5-3-6-15(11-14)23(25)26/h3,5-6,8-9,11-12,18H,4,7,10,13H2,1-2H3,(H,21,24)/p+1/t18-/m0/s1. The smallest absolute Gasteiger partial charge is 0.279 e. The van der Waals surface area contributed by atoms with Gasteiger partial charge in [0.15, 0.2) is 6.54 Å². The zero-order valence-electron chi connectivity index (χ0n) is 15.9. The average Bonchev–Trinajstić information content (AvgIpc) is 3.15. The number of nitrogens with zero attached hydrogens (tertiary/aromatic N) is 1. The molecule has 0 spiro atoms. The number of hydrogen-bond acceptors (Lipinski definition) is 5. The quantitative estimate of drug-likeness (QED) is 0.560. The molecule has 2 atom stereocenters. The lowest BCUT2D eigenvalue weighted by Crippen LogP contribution is -3.11. The van der Waals surface area contributed by atoms with Crippen molar-refractivity contribution in [3.8, 4) is 11.5 Å². The minimum Gasteiger partial charge on any atom is -0.497 e. The molecule has 0 saturated carbocycles. The zero-order valence-corrected chi connectivity index (χ0v) is 15.9. The predicted molar refractivity (Wildman–Crippen MR) is 104 cm³/mol. The first-order valence-corrected chi connectivity index (χ1v) is 9.12. The van der Waals surface area contributed by atoms with E-state index in [1.807, 2.05) is 18.2 Å². The molecule has 0 bridgehead atoms. The van der Waals surface area contributed by atoms with Crippen LogP contribution in [0.15, 0.2) is 42.5 Å². The van der Waals surface area contributed by atoms with Gasteiger partial charge in [-0.05, 0) is 18.2 Å². The highest BCUT2D eigenvalue weighted by atomic mass is 16.6. The molecule has 1 heterocycles. The van der Waals surface area contributed by atoms with Crippen molar-refractivity contribution in [3.63, 3.8) is 0 Å². The molecule has 1 amide bonds. The lowest BCUT2D eigenvalue weighted by molar-refractivity contribution is -0.910. The molecule has 1 fully saturated rings. The number of hydrogen-bond donors (Lipinski definition) is 2. The number of nitro benzene ring substituents is 1. The van der Waals surface area contributed by atoms with Gasteiger partial charge in [-0.2, -0.15) is 0 Å². The molecule has 2 N–H and O–H groups in total. The van der Waals surface area contributed by atoms with E-state index < -0.39 is 4.92 Å². The first-order valence-electron chi connectivity index (χ1n) is 9.12. The van der Waals surface area contributed by atoms with E-state index in [4.69, 9.17) is 9.47 Å². The van der Waals surface area contributed by atoms with Crippen LogP contribution >= 0.6 is 0 Å². The Labute approximate surface area is 163 Å². The summed E-state index contributed by atoms with van der Waals surface area (Å²) >= 11 is 0. The molecule has 28 heavy (non-hydrogen) atoms. The third-order valence-corrected chi connectivity index (χ3v) is 5.03. The van der Waals surface area contributed by atoms with Crippen LogP contribution in [0.1, 0.15) is 24.4 Å². The molecule has 8 nitrogen and oxygen atoms in total. The van der Waals surface area contributed by atoms with E-state index >= 15 is 0 Å². The van der Waals surface area contributed by atoms with Gasteiger partial charge in [0.2, 0.25) is 0 Å². The third kappa shape index (κ3) is 4.40. The Hall–Kier alpha value is -3.13. The summed E-state index contributed by atoms with van der Waals surface area (Å²) in [5.41, 5.74) is 1.43. The van der Waals surface area contributed by atoms with Crippen LogP contribution in [0.4, 0.5) is 11.4 Å². The lowest BCUT2D eigenvalue weighted by Gasteiger charge is -2.23. The van der Waals surface area contributed by atoms with E-state index in [1.54, 1.807) is 26.4 Å². The fraction of sp³-hybridized carbons (Fsp3) is 0.350. The Morgan fingerprint density at radius 1 is 1.25 bits per heavy atom. The highest BCUT2D eigenvalue weighted by molar-refractivity contribution is 5.91. The second kappa shape index (κ2) is 8.71. The summed E-state index contributed by atoms with van der Waals surface area (Å²) in [4.78, 5) is 24.1. The Morgan fingerprint density at radius 2 is 2.07 bits per heavy atom.